The molecule has 1 aliphatic heterocycles. The SMILES string of the molecule is N#Cc1cc(C#N)cc(N2c3ccccc3Cc3ccccc32)c1. The Morgan fingerprint density at radius 2 is 1.21 bits per heavy atom. The van der Waals surface area contributed by atoms with Crippen molar-refractivity contribution in [3.05, 3.63) is 89.0 Å². The molecule has 112 valence electrons. The van der Waals surface area contributed by atoms with E-state index < -0.39 is 0 Å². The van der Waals surface area contributed by atoms with Gasteiger partial charge in [0.15, 0.2) is 0 Å². The molecule has 4 rings (SSSR count). The molecule has 1 aliphatic rings. The molecule has 3 nitrogen and oxygen atoms in total. The van der Waals surface area contributed by atoms with Crippen LogP contribution in [0.2, 0.25) is 0 Å². The first-order valence-electron chi connectivity index (χ1n) is 7.71. The summed E-state index contributed by atoms with van der Waals surface area (Å²) in [6.07, 6.45) is 0.881. The summed E-state index contributed by atoms with van der Waals surface area (Å²) in [7, 11) is 0. The zero-order valence-electron chi connectivity index (χ0n) is 12.9. The van der Waals surface area contributed by atoms with Crippen LogP contribution in [0.25, 0.3) is 0 Å². The topological polar surface area (TPSA) is 50.8 Å². The van der Waals surface area contributed by atoms with E-state index in [1.165, 1.54) is 11.1 Å². The number of rotatable bonds is 1. The highest BCUT2D eigenvalue weighted by Crippen LogP contribution is 2.43. The Labute approximate surface area is 140 Å². The maximum Gasteiger partial charge on any atom is 0.0992 e. The minimum Gasteiger partial charge on any atom is -0.310 e. The van der Waals surface area contributed by atoms with Gasteiger partial charge in [-0.05, 0) is 41.5 Å². The van der Waals surface area contributed by atoms with E-state index in [0.717, 1.165) is 23.5 Å². The molecule has 0 fully saturated rings. The summed E-state index contributed by atoms with van der Waals surface area (Å²) in [6, 6.07) is 26.1. The van der Waals surface area contributed by atoms with Crippen LogP contribution in [-0.2, 0) is 6.42 Å². The van der Waals surface area contributed by atoms with Gasteiger partial charge in [0, 0.05) is 23.5 Å². The maximum atomic E-state index is 9.29. The van der Waals surface area contributed by atoms with Crippen LogP contribution in [-0.4, -0.2) is 0 Å². The predicted octanol–water partition coefficient (Wildman–Crippen LogP) is 4.80. The Morgan fingerprint density at radius 3 is 1.71 bits per heavy atom. The number of anilines is 3. The first-order valence-corrected chi connectivity index (χ1v) is 7.71. The molecule has 0 spiro atoms. The molecule has 0 bridgehead atoms. The zero-order chi connectivity index (χ0) is 16.5. The molecule has 0 saturated heterocycles. The molecule has 0 radical (unpaired) electrons. The van der Waals surface area contributed by atoms with Crippen molar-refractivity contribution in [2.24, 2.45) is 0 Å². The standard InChI is InChI=1S/C21H13N3/c22-13-15-9-16(14-23)11-19(10-15)24-20-7-3-1-5-17(20)12-18-6-2-4-8-21(18)24/h1-11H,12H2. The Bertz CT molecular complexity index is 944. The Hall–Kier alpha value is -3.56. The summed E-state index contributed by atoms with van der Waals surface area (Å²) in [6.45, 7) is 0. The molecule has 3 aromatic rings. The second-order valence-electron chi connectivity index (χ2n) is 5.76. The first-order chi connectivity index (χ1) is 11.8. The molecule has 1 heterocycles. The lowest BCUT2D eigenvalue weighted by molar-refractivity contribution is 1.09. The quantitative estimate of drug-likeness (QED) is 0.507. The van der Waals surface area contributed by atoms with Crippen molar-refractivity contribution in [1.29, 1.82) is 10.5 Å². The molecule has 24 heavy (non-hydrogen) atoms. The average molecular weight is 307 g/mol. The maximum absolute atomic E-state index is 9.29. The highest BCUT2D eigenvalue weighted by atomic mass is 15.2. The largest absolute Gasteiger partial charge is 0.310 e. The van der Waals surface area contributed by atoms with Crippen LogP contribution in [0.3, 0.4) is 0 Å². The van der Waals surface area contributed by atoms with E-state index in [9.17, 15) is 10.5 Å². The van der Waals surface area contributed by atoms with E-state index in [0.29, 0.717) is 11.1 Å². The van der Waals surface area contributed by atoms with E-state index in [1.807, 2.05) is 36.4 Å². The van der Waals surface area contributed by atoms with Gasteiger partial charge in [-0.25, -0.2) is 0 Å². The second-order valence-corrected chi connectivity index (χ2v) is 5.76. The van der Waals surface area contributed by atoms with Crippen LogP contribution in [0, 0.1) is 22.7 Å². The highest BCUT2D eigenvalue weighted by Gasteiger charge is 2.23. The minimum absolute atomic E-state index is 0.490. The molecule has 0 atom stereocenters. The summed E-state index contributed by atoms with van der Waals surface area (Å²) >= 11 is 0. The molecule has 3 aromatic carbocycles. The van der Waals surface area contributed by atoms with Crippen LogP contribution in [0.15, 0.2) is 66.7 Å². The Morgan fingerprint density at radius 1 is 0.708 bits per heavy atom. The first kappa shape index (κ1) is 14.1. The van der Waals surface area contributed by atoms with Gasteiger partial charge in [0.05, 0.1) is 23.3 Å². The molecule has 3 heteroatoms. The van der Waals surface area contributed by atoms with Gasteiger partial charge in [0.1, 0.15) is 0 Å². The van der Waals surface area contributed by atoms with Crippen LogP contribution in [0.4, 0.5) is 17.1 Å². The molecule has 0 N–H and O–H groups in total. The van der Waals surface area contributed by atoms with Gasteiger partial charge >= 0.3 is 0 Å². The molecule has 0 aromatic heterocycles. The predicted molar refractivity (Wildman–Crippen MR) is 93.4 cm³/mol. The van der Waals surface area contributed by atoms with E-state index in [4.69, 9.17) is 0 Å². The average Bonchev–Trinajstić information content (AvgIpc) is 2.65. The van der Waals surface area contributed by atoms with E-state index >= 15 is 0 Å². The summed E-state index contributed by atoms with van der Waals surface area (Å²) in [4.78, 5) is 2.13. The van der Waals surface area contributed by atoms with Gasteiger partial charge in [0.25, 0.3) is 0 Å². The minimum atomic E-state index is 0.490. The summed E-state index contributed by atoms with van der Waals surface area (Å²) in [5.74, 6) is 0. The van der Waals surface area contributed by atoms with Crippen molar-refractivity contribution >= 4 is 17.1 Å². The number of fused-ring (bicyclic) bond motifs is 2. The van der Waals surface area contributed by atoms with Crippen LogP contribution >= 0.6 is 0 Å². The number of hydrogen-bond acceptors (Lipinski definition) is 3. The van der Waals surface area contributed by atoms with Crippen LogP contribution < -0.4 is 4.90 Å². The summed E-state index contributed by atoms with van der Waals surface area (Å²) in [5.41, 5.74) is 6.47. The molecular formula is C21H13N3. The lowest BCUT2D eigenvalue weighted by Crippen LogP contribution is -2.18. The third-order valence-electron chi connectivity index (χ3n) is 4.28. The van der Waals surface area contributed by atoms with E-state index in [1.54, 1.807) is 6.07 Å². The van der Waals surface area contributed by atoms with Crippen molar-refractivity contribution in [3.63, 3.8) is 0 Å². The van der Waals surface area contributed by atoms with Crippen molar-refractivity contribution in [3.8, 4) is 12.1 Å². The fourth-order valence-corrected chi connectivity index (χ4v) is 3.24. The molecule has 0 saturated carbocycles. The summed E-state index contributed by atoms with van der Waals surface area (Å²) in [5, 5.41) is 18.6. The fraction of sp³-hybridized carbons (Fsp3) is 0.0476. The number of nitrogens with zero attached hydrogens (tertiary/aromatic N) is 3. The van der Waals surface area contributed by atoms with Crippen molar-refractivity contribution in [2.75, 3.05) is 4.90 Å². The Kier molecular flexibility index (Phi) is 3.26. The molecular weight excluding hydrogens is 294 g/mol. The van der Waals surface area contributed by atoms with E-state index in [2.05, 4.69) is 41.3 Å². The fourth-order valence-electron chi connectivity index (χ4n) is 3.24. The lowest BCUT2D eigenvalue weighted by atomic mass is 9.94. The molecule has 0 amide bonds. The zero-order valence-corrected chi connectivity index (χ0v) is 12.9. The third kappa shape index (κ3) is 2.20. The van der Waals surface area contributed by atoms with Crippen molar-refractivity contribution < 1.29 is 0 Å². The van der Waals surface area contributed by atoms with Crippen LogP contribution in [0.5, 0.6) is 0 Å². The van der Waals surface area contributed by atoms with E-state index in [-0.39, 0.29) is 0 Å². The summed E-state index contributed by atoms with van der Waals surface area (Å²) < 4.78 is 0. The number of benzene rings is 3. The smallest absolute Gasteiger partial charge is 0.0992 e. The Balaban J connectivity index is 1.99. The van der Waals surface area contributed by atoms with Crippen molar-refractivity contribution in [1.82, 2.24) is 0 Å². The van der Waals surface area contributed by atoms with Crippen molar-refractivity contribution in [2.45, 2.75) is 6.42 Å². The second kappa shape index (κ2) is 5.57. The van der Waals surface area contributed by atoms with Gasteiger partial charge in [0.2, 0.25) is 0 Å². The third-order valence-corrected chi connectivity index (χ3v) is 4.28. The number of hydrogen-bond donors (Lipinski definition) is 0. The molecule has 0 unspecified atom stereocenters. The number of nitriles is 2. The normalized spacial score (nSPS) is 11.8. The molecule has 0 aliphatic carbocycles. The van der Waals surface area contributed by atoms with Gasteiger partial charge in [-0.15, -0.1) is 0 Å². The van der Waals surface area contributed by atoms with Gasteiger partial charge in [-0.2, -0.15) is 10.5 Å². The van der Waals surface area contributed by atoms with Gasteiger partial charge in [-0.1, -0.05) is 36.4 Å². The number of para-hydroxylation sites is 2. The lowest BCUT2D eigenvalue weighted by Gasteiger charge is -2.33. The highest BCUT2D eigenvalue weighted by molar-refractivity contribution is 5.84. The van der Waals surface area contributed by atoms with Gasteiger partial charge < -0.3 is 4.90 Å². The van der Waals surface area contributed by atoms with Crippen LogP contribution in [0.1, 0.15) is 22.3 Å². The van der Waals surface area contributed by atoms with Gasteiger partial charge in [-0.3, -0.25) is 0 Å². The monoisotopic (exact) mass is 307 g/mol.